The van der Waals surface area contributed by atoms with Crippen molar-refractivity contribution in [3.63, 3.8) is 0 Å². The number of halogens is 1. The van der Waals surface area contributed by atoms with Gasteiger partial charge < -0.3 is 15.2 Å². The minimum Gasteiger partial charge on any atom is -0.356 e. The summed E-state index contributed by atoms with van der Waals surface area (Å²) < 4.78 is 15.4. The molecule has 24 heavy (non-hydrogen) atoms. The molecule has 0 bridgehead atoms. The second kappa shape index (κ2) is 9.05. The third kappa shape index (κ3) is 5.37. The van der Waals surface area contributed by atoms with Crippen molar-refractivity contribution < 1.29 is 4.39 Å². The van der Waals surface area contributed by atoms with Crippen molar-refractivity contribution in [2.75, 3.05) is 13.6 Å². The number of benzene rings is 1. The number of aryl methyl sites for hydroxylation is 3. The Bertz CT molecular complexity index is 678. The molecular weight excluding hydrogens is 305 g/mol. The van der Waals surface area contributed by atoms with Crippen molar-refractivity contribution in [3.05, 3.63) is 53.4 Å². The summed E-state index contributed by atoms with van der Waals surface area (Å²) in [7, 11) is 1.75. The first kappa shape index (κ1) is 18.0. The van der Waals surface area contributed by atoms with Gasteiger partial charge in [0.25, 0.3) is 0 Å². The van der Waals surface area contributed by atoms with Crippen LogP contribution >= 0.6 is 0 Å². The Labute approximate surface area is 143 Å². The molecule has 2 aromatic rings. The highest BCUT2D eigenvalue weighted by Crippen LogP contribution is 2.08. The molecule has 0 saturated carbocycles. The average molecular weight is 331 g/mol. The molecule has 0 amide bonds. The van der Waals surface area contributed by atoms with E-state index in [2.05, 4.69) is 25.2 Å². The molecule has 0 atom stereocenters. The molecule has 0 aliphatic heterocycles. The number of hydrogen-bond acceptors (Lipinski definition) is 2. The largest absolute Gasteiger partial charge is 0.356 e. The van der Waals surface area contributed by atoms with Crippen molar-refractivity contribution in [1.82, 2.24) is 20.2 Å². The number of aromatic nitrogens is 2. The van der Waals surface area contributed by atoms with Gasteiger partial charge in [0.15, 0.2) is 5.96 Å². The molecule has 0 radical (unpaired) electrons. The summed E-state index contributed by atoms with van der Waals surface area (Å²) in [6, 6.07) is 5.14. The van der Waals surface area contributed by atoms with Crippen molar-refractivity contribution in [1.29, 1.82) is 0 Å². The van der Waals surface area contributed by atoms with Crippen LogP contribution in [-0.4, -0.2) is 29.1 Å². The normalized spacial score (nSPS) is 11.6. The first-order valence-electron chi connectivity index (χ1n) is 8.27. The molecule has 5 nitrogen and oxygen atoms in total. The van der Waals surface area contributed by atoms with Crippen LogP contribution in [0.15, 0.2) is 35.6 Å². The van der Waals surface area contributed by atoms with E-state index in [0.717, 1.165) is 43.3 Å². The van der Waals surface area contributed by atoms with Crippen LogP contribution in [0.1, 0.15) is 29.8 Å². The summed E-state index contributed by atoms with van der Waals surface area (Å²) in [4.78, 5) is 8.43. The SMILES string of the molecule is CN=C(NCCCCn1ccnc1C)NCc1ccc(F)c(C)c1. The maximum absolute atomic E-state index is 13.3. The number of nitrogens with zero attached hydrogens (tertiary/aromatic N) is 3. The first-order chi connectivity index (χ1) is 11.6. The van der Waals surface area contributed by atoms with Crippen LogP contribution in [-0.2, 0) is 13.1 Å². The van der Waals surface area contributed by atoms with E-state index in [1.807, 2.05) is 25.4 Å². The van der Waals surface area contributed by atoms with Gasteiger partial charge in [0, 0.05) is 39.1 Å². The Morgan fingerprint density at radius 2 is 2.08 bits per heavy atom. The number of unbranched alkanes of at least 4 members (excludes halogenated alkanes) is 1. The van der Waals surface area contributed by atoms with Gasteiger partial charge in [0.05, 0.1) is 0 Å². The molecule has 0 fully saturated rings. The molecule has 0 aliphatic rings. The van der Waals surface area contributed by atoms with Crippen LogP contribution in [0.3, 0.4) is 0 Å². The molecule has 6 heteroatoms. The Hall–Kier alpha value is -2.37. The summed E-state index contributed by atoms with van der Waals surface area (Å²) in [6.07, 6.45) is 5.97. The summed E-state index contributed by atoms with van der Waals surface area (Å²) in [6.45, 7) is 6.24. The van der Waals surface area contributed by atoms with E-state index >= 15 is 0 Å². The van der Waals surface area contributed by atoms with Crippen molar-refractivity contribution in [2.45, 2.75) is 39.8 Å². The number of guanidine groups is 1. The van der Waals surface area contributed by atoms with Crippen LogP contribution in [0.5, 0.6) is 0 Å². The van der Waals surface area contributed by atoms with E-state index in [4.69, 9.17) is 0 Å². The van der Waals surface area contributed by atoms with E-state index in [1.54, 1.807) is 20.0 Å². The van der Waals surface area contributed by atoms with Gasteiger partial charge in [-0.3, -0.25) is 4.99 Å². The van der Waals surface area contributed by atoms with Gasteiger partial charge in [-0.1, -0.05) is 12.1 Å². The van der Waals surface area contributed by atoms with Gasteiger partial charge in [-0.25, -0.2) is 9.37 Å². The summed E-state index contributed by atoms with van der Waals surface area (Å²) in [5.41, 5.74) is 1.69. The molecule has 1 heterocycles. The van der Waals surface area contributed by atoms with Crippen LogP contribution in [0.2, 0.25) is 0 Å². The molecular formula is C18H26FN5. The Morgan fingerprint density at radius 3 is 2.75 bits per heavy atom. The summed E-state index contributed by atoms with van der Waals surface area (Å²) in [5.74, 6) is 1.64. The topological polar surface area (TPSA) is 54.2 Å². The highest BCUT2D eigenvalue weighted by molar-refractivity contribution is 5.79. The van der Waals surface area contributed by atoms with E-state index in [1.165, 1.54) is 6.07 Å². The lowest BCUT2D eigenvalue weighted by Gasteiger charge is -2.12. The summed E-state index contributed by atoms with van der Waals surface area (Å²) >= 11 is 0. The second-order valence-corrected chi connectivity index (χ2v) is 5.81. The minimum atomic E-state index is -0.172. The predicted molar refractivity (Wildman–Crippen MR) is 95.5 cm³/mol. The number of hydrogen-bond donors (Lipinski definition) is 2. The zero-order chi connectivity index (χ0) is 17.4. The average Bonchev–Trinajstić information content (AvgIpc) is 2.98. The third-order valence-corrected chi connectivity index (χ3v) is 3.95. The van der Waals surface area contributed by atoms with Crippen molar-refractivity contribution in [3.8, 4) is 0 Å². The molecule has 0 unspecified atom stereocenters. The quantitative estimate of drug-likeness (QED) is 0.466. The highest BCUT2D eigenvalue weighted by atomic mass is 19.1. The zero-order valence-electron chi connectivity index (χ0n) is 14.6. The van der Waals surface area contributed by atoms with Gasteiger partial charge in [-0.2, -0.15) is 0 Å². The number of nitrogens with one attached hydrogen (secondary N) is 2. The van der Waals surface area contributed by atoms with Gasteiger partial charge in [-0.15, -0.1) is 0 Å². The van der Waals surface area contributed by atoms with Gasteiger partial charge in [0.2, 0.25) is 0 Å². The van der Waals surface area contributed by atoms with Crippen LogP contribution < -0.4 is 10.6 Å². The minimum absolute atomic E-state index is 0.172. The molecule has 0 aliphatic carbocycles. The van der Waals surface area contributed by atoms with Gasteiger partial charge in [0.1, 0.15) is 11.6 Å². The molecule has 0 spiro atoms. The van der Waals surface area contributed by atoms with Crippen LogP contribution in [0.4, 0.5) is 4.39 Å². The molecule has 1 aromatic heterocycles. The lowest BCUT2D eigenvalue weighted by atomic mass is 10.1. The fourth-order valence-corrected chi connectivity index (χ4v) is 2.48. The second-order valence-electron chi connectivity index (χ2n) is 5.81. The maximum atomic E-state index is 13.3. The first-order valence-corrected chi connectivity index (χ1v) is 8.27. The molecule has 1 aromatic carbocycles. The van der Waals surface area contributed by atoms with E-state index in [9.17, 15) is 4.39 Å². The van der Waals surface area contributed by atoms with Crippen LogP contribution in [0.25, 0.3) is 0 Å². The third-order valence-electron chi connectivity index (χ3n) is 3.95. The lowest BCUT2D eigenvalue weighted by Crippen LogP contribution is -2.37. The molecule has 2 rings (SSSR count). The van der Waals surface area contributed by atoms with E-state index in [0.29, 0.717) is 12.1 Å². The molecule has 130 valence electrons. The number of imidazole rings is 1. The van der Waals surface area contributed by atoms with Crippen molar-refractivity contribution in [2.24, 2.45) is 4.99 Å². The molecule has 2 N–H and O–H groups in total. The number of rotatable bonds is 7. The lowest BCUT2D eigenvalue weighted by molar-refractivity contribution is 0.588. The Morgan fingerprint density at radius 1 is 1.25 bits per heavy atom. The standard InChI is InChI=1S/C18H26FN5/c1-14-12-16(6-7-17(14)19)13-23-18(20-3)22-8-4-5-10-24-11-9-21-15(24)2/h6-7,9,11-12H,4-5,8,10,13H2,1-3H3,(H2,20,22,23). The fraction of sp³-hybridized carbons (Fsp3) is 0.444. The van der Waals surface area contributed by atoms with E-state index in [-0.39, 0.29) is 5.82 Å². The Balaban J connectivity index is 1.67. The Kier molecular flexibility index (Phi) is 6.78. The van der Waals surface area contributed by atoms with Gasteiger partial charge >= 0.3 is 0 Å². The van der Waals surface area contributed by atoms with E-state index < -0.39 is 0 Å². The monoisotopic (exact) mass is 331 g/mol. The summed E-state index contributed by atoms with van der Waals surface area (Å²) in [5, 5.41) is 6.55. The number of aliphatic imine (C=N–C) groups is 1. The predicted octanol–water partition coefficient (Wildman–Crippen LogP) is 2.78. The van der Waals surface area contributed by atoms with Crippen LogP contribution in [0, 0.1) is 19.7 Å². The smallest absolute Gasteiger partial charge is 0.191 e. The fourth-order valence-electron chi connectivity index (χ4n) is 2.48. The van der Waals surface area contributed by atoms with Gasteiger partial charge in [-0.05, 0) is 43.9 Å². The molecule has 0 saturated heterocycles. The van der Waals surface area contributed by atoms with Crippen molar-refractivity contribution >= 4 is 5.96 Å². The maximum Gasteiger partial charge on any atom is 0.191 e. The zero-order valence-corrected chi connectivity index (χ0v) is 14.6. The highest BCUT2D eigenvalue weighted by Gasteiger charge is 2.02.